The second-order valence-corrected chi connectivity index (χ2v) is 8.77. The van der Waals surface area contributed by atoms with E-state index in [1.165, 1.54) is 12.8 Å². The Kier molecular flexibility index (Phi) is 7.87. The Hall–Kier alpha value is -1.39. The molecule has 0 heterocycles. The third kappa shape index (κ3) is 5.55. The van der Waals surface area contributed by atoms with Gasteiger partial charge in [-0.1, -0.05) is 83.2 Å². The summed E-state index contributed by atoms with van der Waals surface area (Å²) in [5, 5.41) is 14.7. The third-order valence-corrected chi connectivity index (χ3v) is 6.05. The molecule has 2 atom stereocenters. The molecule has 27 heavy (non-hydrogen) atoms. The number of benzene rings is 1. The number of likely N-dealkylation sites (N-methyl/N-ethyl adjacent to an activating group) is 1. The Morgan fingerprint density at radius 3 is 2.44 bits per heavy atom. The quantitative estimate of drug-likeness (QED) is 0.595. The van der Waals surface area contributed by atoms with Gasteiger partial charge < -0.3 is 15.2 Å². The average molecular weight is 376 g/mol. The molecule has 1 fully saturated rings. The number of aliphatic hydroxyl groups is 1. The molecule has 1 aromatic rings. The monoisotopic (exact) mass is 375 g/mol. The second-order valence-electron chi connectivity index (χ2n) is 8.77. The van der Waals surface area contributed by atoms with Gasteiger partial charge in [0.2, 0.25) is 0 Å². The number of hydrogen-bond donors (Lipinski definition) is 2. The van der Waals surface area contributed by atoms with Gasteiger partial charge in [0, 0.05) is 12.0 Å². The van der Waals surface area contributed by atoms with Crippen molar-refractivity contribution >= 4 is 5.97 Å². The van der Waals surface area contributed by atoms with Crippen LogP contribution in [-0.2, 0) is 15.1 Å². The summed E-state index contributed by atoms with van der Waals surface area (Å²) in [6.45, 7) is 6.97. The van der Waals surface area contributed by atoms with Crippen molar-refractivity contribution in [2.24, 2.45) is 11.3 Å². The van der Waals surface area contributed by atoms with Crippen LogP contribution in [0.15, 0.2) is 30.3 Å². The first-order valence-corrected chi connectivity index (χ1v) is 10.5. The molecule has 152 valence electrons. The van der Waals surface area contributed by atoms with Crippen LogP contribution in [0.5, 0.6) is 0 Å². The predicted molar refractivity (Wildman–Crippen MR) is 109 cm³/mol. The smallest absolute Gasteiger partial charge is 0.343 e. The molecule has 0 aromatic heterocycles. The van der Waals surface area contributed by atoms with Gasteiger partial charge >= 0.3 is 5.97 Å². The molecule has 1 aliphatic carbocycles. The third-order valence-electron chi connectivity index (χ3n) is 6.05. The molecule has 1 aliphatic rings. The summed E-state index contributed by atoms with van der Waals surface area (Å²) in [4.78, 5) is 13.3. The minimum atomic E-state index is -1.58. The van der Waals surface area contributed by atoms with Gasteiger partial charge in [0.1, 0.15) is 6.10 Å². The van der Waals surface area contributed by atoms with Crippen molar-refractivity contribution in [1.82, 2.24) is 5.32 Å². The van der Waals surface area contributed by atoms with Gasteiger partial charge in [0.05, 0.1) is 0 Å². The maximum atomic E-state index is 13.3. The van der Waals surface area contributed by atoms with E-state index in [9.17, 15) is 9.90 Å². The van der Waals surface area contributed by atoms with E-state index in [4.69, 9.17) is 4.74 Å². The number of carbonyl (C=O) groups excluding carboxylic acids is 1. The molecule has 2 unspecified atom stereocenters. The van der Waals surface area contributed by atoms with Crippen LogP contribution in [-0.4, -0.2) is 30.8 Å². The fraction of sp³-hybridized carbons (Fsp3) is 0.696. The highest BCUT2D eigenvalue weighted by Gasteiger charge is 2.44. The lowest BCUT2D eigenvalue weighted by molar-refractivity contribution is -0.180. The first kappa shape index (κ1) is 21.9. The molecule has 0 radical (unpaired) electrons. The maximum absolute atomic E-state index is 13.3. The van der Waals surface area contributed by atoms with Crippen LogP contribution in [0.4, 0.5) is 0 Å². The molecule has 1 aromatic carbocycles. The predicted octanol–water partition coefficient (Wildman–Crippen LogP) is 4.41. The number of rotatable bonds is 10. The zero-order valence-electron chi connectivity index (χ0n) is 17.5. The highest BCUT2D eigenvalue weighted by molar-refractivity contribution is 5.81. The van der Waals surface area contributed by atoms with Crippen LogP contribution in [0.25, 0.3) is 0 Å². The molecular formula is C23H37NO3. The van der Waals surface area contributed by atoms with Gasteiger partial charge in [-0.05, 0) is 31.4 Å². The lowest BCUT2D eigenvalue weighted by atomic mass is 9.81. The van der Waals surface area contributed by atoms with Gasteiger partial charge in [0.15, 0.2) is 5.60 Å². The van der Waals surface area contributed by atoms with Crippen LogP contribution in [0.2, 0.25) is 0 Å². The summed E-state index contributed by atoms with van der Waals surface area (Å²) in [6, 6.07) is 9.31. The van der Waals surface area contributed by atoms with E-state index in [1.807, 2.05) is 37.4 Å². The van der Waals surface area contributed by atoms with Gasteiger partial charge in [-0.3, -0.25) is 0 Å². The Morgan fingerprint density at radius 2 is 1.89 bits per heavy atom. The zero-order chi connectivity index (χ0) is 19.9. The fourth-order valence-electron chi connectivity index (χ4n) is 4.36. The average Bonchev–Trinajstić information content (AvgIpc) is 3.14. The van der Waals surface area contributed by atoms with E-state index in [0.29, 0.717) is 24.4 Å². The molecule has 4 nitrogen and oxygen atoms in total. The van der Waals surface area contributed by atoms with Gasteiger partial charge in [-0.15, -0.1) is 0 Å². The largest absolute Gasteiger partial charge is 0.458 e. The van der Waals surface area contributed by atoms with Crippen LogP contribution in [0.3, 0.4) is 0 Å². The van der Waals surface area contributed by atoms with Crippen molar-refractivity contribution in [3.63, 3.8) is 0 Å². The van der Waals surface area contributed by atoms with E-state index in [0.717, 1.165) is 25.7 Å². The fourth-order valence-corrected chi connectivity index (χ4v) is 4.36. The Bertz CT molecular complexity index is 581. The molecule has 0 saturated heterocycles. The number of nitrogens with one attached hydrogen (secondary N) is 1. The summed E-state index contributed by atoms with van der Waals surface area (Å²) in [5.41, 5.74) is -1.10. The van der Waals surface area contributed by atoms with Crippen molar-refractivity contribution < 1.29 is 14.6 Å². The highest BCUT2D eigenvalue weighted by Crippen LogP contribution is 2.39. The number of carbonyl (C=O) groups is 1. The minimum Gasteiger partial charge on any atom is -0.458 e. The molecular weight excluding hydrogens is 338 g/mol. The maximum Gasteiger partial charge on any atom is 0.343 e. The first-order valence-electron chi connectivity index (χ1n) is 10.5. The van der Waals surface area contributed by atoms with E-state index >= 15 is 0 Å². The second kappa shape index (κ2) is 9.70. The molecule has 1 saturated carbocycles. The Balaban J connectivity index is 2.26. The number of esters is 1. The van der Waals surface area contributed by atoms with Crippen LogP contribution < -0.4 is 5.32 Å². The number of hydrogen-bond acceptors (Lipinski definition) is 4. The lowest BCUT2D eigenvalue weighted by Crippen LogP contribution is -2.47. The first-order chi connectivity index (χ1) is 12.8. The summed E-state index contributed by atoms with van der Waals surface area (Å²) >= 11 is 0. The van der Waals surface area contributed by atoms with E-state index in [1.54, 1.807) is 0 Å². The summed E-state index contributed by atoms with van der Waals surface area (Å²) in [6.07, 6.45) is 6.64. The Morgan fingerprint density at radius 1 is 1.26 bits per heavy atom. The van der Waals surface area contributed by atoms with E-state index < -0.39 is 11.6 Å². The normalized spacial score (nSPS) is 18.9. The van der Waals surface area contributed by atoms with Crippen molar-refractivity contribution in [2.75, 3.05) is 13.6 Å². The molecule has 0 spiro atoms. The SMILES string of the molecule is CCCC(C)(C)C(CNC)OC(=O)C(O)(CC1CCCC1)c1ccccc1. The number of ether oxygens (including phenoxy) is 1. The molecule has 2 rings (SSSR count). The topological polar surface area (TPSA) is 58.6 Å². The van der Waals surface area contributed by atoms with Crippen LogP contribution >= 0.6 is 0 Å². The highest BCUT2D eigenvalue weighted by atomic mass is 16.6. The van der Waals surface area contributed by atoms with Gasteiger partial charge in [-0.2, -0.15) is 0 Å². The van der Waals surface area contributed by atoms with E-state index in [2.05, 4.69) is 26.1 Å². The standard InChI is InChI=1S/C23H37NO3/c1-5-15-22(2,3)20(17-24-4)27-21(25)23(26,16-18-11-9-10-12-18)19-13-7-6-8-14-19/h6-8,13-14,18,20,24,26H,5,9-12,15-17H2,1-4H3. The minimum absolute atomic E-state index is 0.154. The molecule has 0 amide bonds. The van der Waals surface area contributed by atoms with Gasteiger partial charge in [0.25, 0.3) is 0 Å². The lowest BCUT2D eigenvalue weighted by Gasteiger charge is -2.37. The van der Waals surface area contributed by atoms with Crippen molar-refractivity contribution in [3.05, 3.63) is 35.9 Å². The van der Waals surface area contributed by atoms with Crippen molar-refractivity contribution in [3.8, 4) is 0 Å². The van der Waals surface area contributed by atoms with E-state index in [-0.39, 0.29) is 11.5 Å². The van der Waals surface area contributed by atoms with Gasteiger partial charge in [-0.25, -0.2) is 4.79 Å². The molecule has 2 N–H and O–H groups in total. The molecule has 0 bridgehead atoms. The Labute approximate surface area is 164 Å². The van der Waals surface area contributed by atoms with Crippen molar-refractivity contribution in [1.29, 1.82) is 0 Å². The van der Waals surface area contributed by atoms with Crippen LogP contribution in [0.1, 0.15) is 71.3 Å². The summed E-state index contributed by atoms with van der Waals surface area (Å²) < 4.78 is 5.99. The molecule has 4 heteroatoms. The summed E-state index contributed by atoms with van der Waals surface area (Å²) in [7, 11) is 1.87. The van der Waals surface area contributed by atoms with Crippen molar-refractivity contribution in [2.45, 2.75) is 77.4 Å². The zero-order valence-corrected chi connectivity index (χ0v) is 17.5. The molecule has 0 aliphatic heterocycles. The summed E-state index contributed by atoms with van der Waals surface area (Å²) in [5.74, 6) is -0.140. The van der Waals surface area contributed by atoms with Crippen LogP contribution in [0, 0.1) is 11.3 Å².